The van der Waals surface area contributed by atoms with E-state index in [2.05, 4.69) is 23.3 Å². The quantitative estimate of drug-likeness (QED) is 0.453. The number of thiol groups is 1. The fourth-order valence-electron chi connectivity index (χ4n) is 1.58. The van der Waals surface area contributed by atoms with Gasteiger partial charge in [-0.3, -0.25) is 0 Å². The van der Waals surface area contributed by atoms with Crippen molar-refractivity contribution in [2.24, 2.45) is 0 Å². The Morgan fingerprint density at radius 2 is 2.33 bits per heavy atom. The SMILES string of the molecule is SCCCNC1CCCCNC1. The van der Waals surface area contributed by atoms with Crippen molar-refractivity contribution in [3.05, 3.63) is 0 Å². The minimum absolute atomic E-state index is 0.701. The van der Waals surface area contributed by atoms with Crippen LogP contribution in [0.1, 0.15) is 25.7 Å². The highest BCUT2D eigenvalue weighted by Gasteiger charge is 2.09. The summed E-state index contributed by atoms with van der Waals surface area (Å²) in [5.74, 6) is 0.993. The monoisotopic (exact) mass is 188 g/mol. The van der Waals surface area contributed by atoms with Crippen LogP contribution in [0.5, 0.6) is 0 Å². The molecule has 1 fully saturated rings. The predicted octanol–water partition coefficient (Wildman–Crippen LogP) is 1.04. The van der Waals surface area contributed by atoms with Gasteiger partial charge in [0.1, 0.15) is 0 Å². The summed E-state index contributed by atoms with van der Waals surface area (Å²) >= 11 is 4.18. The molecule has 12 heavy (non-hydrogen) atoms. The van der Waals surface area contributed by atoms with Crippen LogP contribution in [0, 0.1) is 0 Å². The van der Waals surface area contributed by atoms with E-state index >= 15 is 0 Å². The first-order valence-corrected chi connectivity index (χ1v) is 5.61. The van der Waals surface area contributed by atoms with Gasteiger partial charge in [0.15, 0.2) is 0 Å². The van der Waals surface area contributed by atoms with Crippen LogP contribution in [-0.4, -0.2) is 31.4 Å². The van der Waals surface area contributed by atoms with Gasteiger partial charge in [0.05, 0.1) is 0 Å². The van der Waals surface area contributed by atoms with Gasteiger partial charge in [-0.2, -0.15) is 12.6 Å². The van der Waals surface area contributed by atoms with E-state index in [9.17, 15) is 0 Å². The molecule has 1 aliphatic rings. The van der Waals surface area contributed by atoms with Crippen LogP contribution >= 0.6 is 12.6 Å². The van der Waals surface area contributed by atoms with Crippen LogP contribution in [0.4, 0.5) is 0 Å². The molecule has 2 nitrogen and oxygen atoms in total. The Hall–Kier alpha value is 0.270. The van der Waals surface area contributed by atoms with Crippen LogP contribution in [0.2, 0.25) is 0 Å². The molecule has 0 aliphatic carbocycles. The van der Waals surface area contributed by atoms with Gasteiger partial charge in [0.25, 0.3) is 0 Å². The summed E-state index contributed by atoms with van der Waals surface area (Å²) in [5.41, 5.74) is 0. The molecular weight excluding hydrogens is 168 g/mol. The third-order valence-corrected chi connectivity index (χ3v) is 2.63. The molecule has 0 bridgehead atoms. The molecule has 0 aromatic heterocycles. The Morgan fingerprint density at radius 3 is 3.17 bits per heavy atom. The van der Waals surface area contributed by atoms with E-state index < -0.39 is 0 Å². The Labute approximate surface area is 80.9 Å². The molecule has 1 unspecified atom stereocenters. The number of nitrogens with one attached hydrogen (secondary N) is 2. The summed E-state index contributed by atoms with van der Waals surface area (Å²) in [6, 6.07) is 0.701. The second-order valence-corrected chi connectivity index (χ2v) is 3.88. The average Bonchev–Trinajstić information content (AvgIpc) is 2.33. The van der Waals surface area contributed by atoms with Gasteiger partial charge in [0.2, 0.25) is 0 Å². The van der Waals surface area contributed by atoms with Crippen LogP contribution in [-0.2, 0) is 0 Å². The fourth-order valence-corrected chi connectivity index (χ4v) is 1.74. The van der Waals surface area contributed by atoms with E-state index in [1.807, 2.05) is 0 Å². The molecule has 1 atom stereocenters. The first kappa shape index (κ1) is 10.4. The van der Waals surface area contributed by atoms with Gasteiger partial charge in [-0.05, 0) is 38.1 Å². The first-order valence-electron chi connectivity index (χ1n) is 4.98. The Kier molecular flexibility index (Phi) is 5.82. The van der Waals surface area contributed by atoms with Gasteiger partial charge >= 0.3 is 0 Å². The van der Waals surface area contributed by atoms with E-state index in [-0.39, 0.29) is 0 Å². The Balaban J connectivity index is 2.04. The number of rotatable bonds is 4. The van der Waals surface area contributed by atoms with Crippen molar-refractivity contribution in [3.63, 3.8) is 0 Å². The fraction of sp³-hybridized carbons (Fsp3) is 1.00. The van der Waals surface area contributed by atoms with Gasteiger partial charge in [-0.25, -0.2) is 0 Å². The summed E-state index contributed by atoms with van der Waals surface area (Å²) < 4.78 is 0. The Bertz CT molecular complexity index is 101. The van der Waals surface area contributed by atoms with Crippen molar-refractivity contribution in [2.75, 3.05) is 25.4 Å². The zero-order valence-corrected chi connectivity index (χ0v) is 8.58. The smallest absolute Gasteiger partial charge is 0.0192 e. The van der Waals surface area contributed by atoms with E-state index in [0.29, 0.717) is 6.04 Å². The van der Waals surface area contributed by atoms with Gasteiger partial charge < -0.3 is 10.6 Å². The summed E-state index contributed by atoms with van der Waals surface area (Å²) in [4.78, 5) is 0. The lowest BCUT2D eigenvalue weighted by Crippen LogP contribution is -2.37. The largest absolute Gasteiger partial charge is 0.315 e. The zero-order chi connectivity index (χ0) is 8.65. The van der Waals surface area contributed by atoms with E-state index in [0.717, 1.165) is 18.8 Å². The minimum Gasteiger partial charge on any atom is -0.315 e. The van der Waals surface area contributed by atoms with Crippen LogP contribution in [0.25, 0.3) is 0 Å². The highest BCUT2D eigenvalue weighted by molar-refractivity contribution is 7.80. The molecule has 0 aromatic carbocycles. The van der Waals surface area contributed by atoms with Crippen molar-refractivity contribution in [2.45, 2.75) is 31.7 Å². The summed E-state index contributed by atoms with van der Waals surface area (Å²) in [5, 5.41) is 6.99. The lowest BCUT2D eigenvalue weighted by molar-refractivity contribution is 0.476. The molecule has 1 heterocycles. The maximum atomic E-state index is 4.18. The molecule has 72 valence electrons. The second kappa shape index (κ2) is 6.75. The highest BCUT2D eigenvalue weighted by Crippen LogP contribution is 2.03. The summed E-state index contributed by atoms with van der Waals surface area (Å²) in [6.45, 7) is 3.47. The van der Waals surface area contributed by atoms with Crippen molar-refractivity contribution >= 4 is 12.6 Å². The normalized spacial score (nSPS) is 25.2. The maximum Gasteiger partial charge on any atom is 0.0192 e. The predicted molar refractivity (Wildman–Crippen MR) is 57.0 cm³/mol. The van der Waals surface area contributed by atoms with E-state index in [1.165, 1.54) is 32.2 Å². The van der Waals surface area contributed by atoms with Gasteiger partial charge in [-0.15, -0.1) is 0 Å². The molecule has 2 N–H and O–H groups in total. The van der Waals surface area contributed by atoms with E-state index in [1.54, 1.807) is 0 Å². The topological polar surface area (TPSA) is 24.1 Å². The summed E-state index contributed by atoms with van der Waals surface area (Å²) in [6.07, 6.45) is 5.22. The molecule has 1 rings (SSSR count). The van der Waals surface area contributed by atoms with Crippen LogP contribution in [0.3, 0.4) is 0 Å². The van der Waals surface area contributed by atoms with Gasteiger partial charge in [-0.1, -0.05) is 6.42 Å². The molecular formula is C9H20N2S. The highest BCUT2D eigenvalue weighted by atomic mass is 32.1. The summed E-state index contributed by atoms with van der Waals surface area (Å²) in [7, 11) is 0. The van der Waals surface area contributed by atoms with Crippen LogP contribution in [0.15, 0.2) is 0 Å². The van der Waals surface area contributed by atoms with E-state index in [4.69, 9.17) is 0 Å². The molecule has 0 radical (unpaired) electrons. The molecule has 1 aliphatic heterocycles. The molecule has 3 heteroatoms. The van der Waals surface area contributed by atoms with Gasteiger partial charge in [0, 0.05) is 12.6 Å². The minimum atomic E-state index is 0.701. The average molecular weight is 188 g/mol. The molecule has 1 saturated heterocycles. The standard InChI is InChI=1S/C9H20N2S/c12-7-3-6-11-9-4-1-2-5-10-8-9/h9-12H,1-8H2. The second-order valence-electron chi connectivity index (χ2n) is 3.43. The maximum absolute atomic E-state index is 4.18. The first-order chi connectivity index (χ1) is 5.93. The third kappa shape index (κ3) is 4.33. The molecule has 0 spiro atoms. The van der Waals surface area contributed by atoms with Crippen molar-refractivity contribution in [1.29, 1.82) is 0 Å². The molecule has 0 amide bonds. The lowest BCUT2D eigenvalue weighted by atomic mass is 10.1. The third-order valence-electron chi connectivity index (χ3n) is 2.31. The molecule has 0 aromatic rings. The van der Waals surface area contributed by atoms with Crippen molar-refractivity contribution in [1.82, 2.24) is 10.6 Å². The lowest BCUT2D eigenvalue weighted by Gasteiger charge is -2.15. The number of hydrogen-bond acceptors (Lipinski definition) is 3. The van der Waals surface area contributed by atoms with Crippen molar-refractivity contribution < 1.29 is 0 Å². The Morgan fingerprint density at radius 1 is 1.42 bits per heavy atom. The zero-order valence-electron chi connectivity index (χ0n) is 7.68. The van der Waals surface area contributed by atoms with Crippen molar-refractivity contribution in [3.8, 4) is 0 Å². The molecule has 0 saturated carbocycles. The van der Waals surface area contributed by atoms with Crippen LogP contribution < -0.4 is 10.6 Å². The number of hydrogen-bond donors (Lipinski definition) is 3.